The molecule has 13 rings (SSSR count). The monoisotopic (exact) mass is 1640 g/mol. The van der Waals surface area contributed by atoms with Gasteiger partial charge in [-0.2, -0.15) is 0 Å². The summed E-state index contributed by atoms with van der Waals surface area (Å²) < 4.78 is 24.0. The van der Waals surface area contributed by atoms with E-state index < -0.39 is 59.4 Å². The van der Waals surface area contributed by atoms with Crippen LogP contribution in [-0.2, 0) is 44.9 Å². The number of hydrogen-bond donors (Lipinski definition) is 9. The highest BCUT2D eigenvalue weighted by atomic mass is 32.1. The predicted octanol–water partition coefficient (Wildman–Crippen LogP) is 7.57. The molecule has 1 saturated carbocycles. The zero-order chi connectivity index (χ0) is 83.2. The van der Waals surface area contributed by atoms with Crippen LogP contribution in [0, 0.1) is 18.3 Å². The van der Waals surface area contributed by atoms with Crippen molar-refractivity contribution in [3.8, 4) is 39.2 Å². The van der Waals surface area contributed by atoms with E-state index in [0.717, 1.165) is 64.8 Å². The maximum absolute atomic E-state index is 14.4. The van der Waals surface area contributed by atoms with E-state index in [9.17, 15) is 53.4 Å². The molecular formula is C84H104N18O15S. The molecule has 33 nitrogen and oxygen atoms in total. The number of aliphatic hydroxyl groups is 1. The van der Waals surface area contributed by atoms with Crippen LogP contribution in [-0.4, -0.2) is 230 Å². The first-order valence-corrected chi connectivity index (χ1v) is 41.5. The standard InChI is InChI=1S/C84H104N18O15S/c1-51(2)74(79(109)101-48-62(103)42-67(101)78(108)90-53(4)56-18-20-57(21-19-56)75-54(5)89-50-118-75)69-44-71(96-117-69)115-39-37-97-35-36-98(52(3)45-97)38-40-114-70-41-59(28-33-86-70)102-60-24-25-61(102)47-99(46-60)66-43-65(63-13-7-8-15-68(63)104)94-95-76(66)93-83(113)116-49-55-16-22-58(23-17-55)91-77(107)64(14-11-32-88-82(85)112)92-81(111)84(29-12-30-84)80(110)87-31-9-6-10-34-100-72(105)26-27-73(100)106/h7-8,13,15-23,26-28,33,41,43-44,50-53,60-62,64,67,74,103-104H,6,9-12,14,24-25,29-32,34-40,42,45-49H2,1-5H3,(H,87,110)(H,90,108)(H,91,107)(H,92,111)(H3,85,88,112)(H,93,95,113)/t52-,53+,60?,61?,62-,64+,67+,74-/m1/s1. The number of likely N-dealkylation sites (tertiary alicyclic amines) is 1. The first-order chi connectivity index (χ1) is 56.9. The number of phenolic OH excluding ortho intramolecular Hbond substituents is 1. The zero-order valence-electron chi connectivity index (χ0n) is 67.0. The largest absolute Gasteiger partial charge is 0.507 e. The minimum Gasteiger partial charge on any atom is -0.507 e. The minimum absolute atomic E-state index is 0.0153. The number of urea groups is 1. The van der Waals surface area contributed by atoms with Gasteiger partial charge in [-0.25, -0.2) is 19.6 Å². The Hall–Kier alpha value is -11.6. The number of hydrogen-bond acceptors (Lipinski definition) is 25. The van der Waals surface area contributed by atoms with Gasteiger partial charge in [-0.05, 0) is 143 Å². The van der Waals surface area contributed by atoms with Gasteiger partial charge in [-0.3, -0.25) is 53.6 Å². The van der Waals surface area contributed by atoms with Crippen LogP contribution in [0.2, 0.25) is 0 Å². The second-order valence-electron chi connectivity index (χ2n) is 31.5. The van der Waals surface area contributed by atoms with E-state index in [-0.39, 0.29) is 136 Å². The van der Waals surface area contributed by atoms with Crippen LogP contribution in [0.15, 0.2) is 125 Å². The van der Waals surface area contributed by atoms with E-state index in [1.54, 1.807) is 72.1 Å². The van der Waals surface area contributed by atoms with Crippen molar-refractivity contribution < 1.29 is 72.1 Å². The number of aryl methyl sites for hydroxylation is 1. The number of rotatable bonds is 36. The molecule has 2 unspecified atom stereocenters. The van der Waals surface area contributed by atoms with E-state index in [1.165, 1.54) is 17.1 Å². The zero-order valence-corrected chi connectivity index (χ0v) is 67.8. The lowest BCUT2D eigenvalue weighted by Gasteiger charge is -2.43. The fourth-order valence-electron chi connectivity index (χ4n) is 16.4. The van der Waals surface area contributed by atoms with Crippen molar-refractivity contribution in [2.45, 2.75) is 160 Å². The van der Waals surface area contributed by atoms with Gasteiger partial charge in [0, 0.05) is 144 Å². The second-order valence-corrected chi connectivity index (χ2v) is 32.3. The van der Waals surface area contributed by atoms with Crippen LogP contribution < -0.4 is 56.9 Å². The normalized spacial score (nSPS) is 19.8. The lowest BCUT2D eigenvalue weighted by atomic mass is 9.67. The number of nitrogens with two attached hydrogens (primary N) is 1. The summed E-state index contributed by atoms with van der Waals surface area (Å²) in [7, 11) is 0. The van der Waals surface area contributed by atoms with Crippen LogP contribution >= 0.6 is 11.3 Å². The third-order valence-electron chi connectivity index (χ3n) is 23.0. The first-order valence-electron chi connectivity index (χ1n) is 40.6. The Morgan fingerprint density at radius 2 is 1.50 bits per heavy atom. The number of para-hydroxylation sites is 1. The van der Waals surface area contributed by atoms with Crippen LogP contribution in [0.4, 0.5) is 32.5 Å². The number of primary amides is 1. The third-order valence-corrected chi connectivity index (χ3v) is 24.0. The number of unbranched alkanes of at least 4 members (excludes halogenated alkanes) is 2. The van der Waals surface area contributed by atoms with Crippen molar-refractivity contribution in [3.05, 3.63) is 144 Å². The van der Waals surface area contributed by atoms with Gasteiger partial charge in [0.05, 0.1) is 39.6 Å². The van der Waals surface area contributed by atoms with Crippen molar-refractivity contribution in [1.29, 1.82) is 0 Å². The molecule has 0 radical (unpaired) electrons. The molecule has 34 heteroatoms. The summed E-state index contributed by atoms with van der Waals surface area (Å²) in [5.74, 6) is -2.70. The molecule has 3 aromatic carbocycles. The molecule has 8 atom stereocenters. The Morgan fingerprint density at radius 1 is 0.763 bits per heavy atom. The number of pyridine rings is 1. The van der Waals surface area contributed by atoms with Gasteiger partial charge in [-0.15, -0.1) is 21.5 Å². The molecule has 118 heavy (non-hydrogen) atoms. The number of phenols is 1. The number of nitrogens with zero attached hydrogens (tertiary/aromatic N) is 11. The number of anilines is 4. The number of aromatic hydroxyl groups is 1. The van der Waals surface area contributed by atoms with Gasteiger partial charge in [0.1, 0.15) is 49.0 Å². The molecule has 5 aliphatic heterocycles. The first kappa shape index (κ1) is 84.3. The molecule has 1 aliphatic carbocycles. The van der Waals surface area contributed by atoms with Gasteiger partial charge in [0.15, 0.2) is 11.6 Å². The van der Waals surface area contributed by atoms with Gasteiger partial charge < -0.3 is 76.0 Å². The number of benzene rings is 3. The SMILES string of the molecule is Cc1ncsc1-c1ccc([C@H](C)NC(=O)[C@@H]2C[C@@H](O)CN2C(=O)[C@@H](c2cc(OCCN3CCN(CCOc4cc(N5C6CCC5CN(c5cc(-c7ccccc7O)nnc5NC(=O)OCc5ccc(NC(=O)[C@H](CCCNC(N)=O)NC(=O)C7(C(=O)NCCCCCN8C(=O)C=CC8=O)CCC7)cc5)C6)ccn4)[C@H](C)C3)no2)C(C)C)cc1. The topological polar surface area (TPSA) is 417 Å². The Labute approximate surface area is 688 Å². The Bertz CT molecular complexity index is 4740. The highest BCUT2D eigenvalue weighted by molar-refractivity contribution is 7.13. The van der Waals surface area contributed by atoms with Crippen LogP contribution in [0.3, 0.4) is 0 Å². The molecule has 4 saturated heterocycles. The molecule has 10 amide bonds. The van der Waals surface area contributed by atoms with Crippen molar-refractivity contribution >= 4 is 87.7 Å². The quantitative estimate of drug-likeness (QED) is 0.0104. The molecule has 6 aliphatic rings. The van der Waals surface area contributed by atoms with E-state index in [1.807, 2.05) is 75.7 Å². The lowest BCUT2D eigenvalue weighted by Crippen LogP contribution is -2.58. The van der Waals surface area contributed by atoms with Crippen molar-refractivity contribution in [3.63, 3.8) is 0 Å². The number of amides is 10. The van der Waals surface area contributed by atoms with Gasteiger partial charge in [0.25, 0.3) is 17.7 Å². The summed E-state index contributed by atoms with van der Waals surface area (Å²) in [4.78, 5) is 141. The lowest BCUT2D eigenvalue weighted by molar-refractivity contribution is -0.151. The highest BCUT2D eigenvalue weighted by Gasteiger charge is 2.52. The second kappa shape index (κ2) is 38.6. The van der Waals surface area contributed by atoms with Crippen LogP contribution in [0.1, 0.15) is 133 Å². The molecule has 7 aromatic rings. The van der Waals surface area contributed by atoms with Crippen molar-refractivity contribution in [2.24, 2.45) is 17.1 Å². The number of carbonyl (C=O) groups excluding carboxylic acids is 9. The van der Waals surface area contributed by atoms with E-state index in [4.69, 9.17) is 24.5 Å². The summed E-state index contributed by atoms with van der Waals surface area (Å²) in [6, 6.07) is 26.1. The number of nitrogens with one attached hydrogen (secondary N) is 6. The van der Waals surface area contributed by atoms with Crippen LogP contribution in [0.5, 0.6) is 17.5 Å². The molecule has 10 N–H and O–H groups in total. The molecule has 626 valence electrons. The Kier molecular flexibility index (Phi) is 27.6. The summed E-state index contributed by atoms with van der Waals surface area (Å²) in [6.45, 7) is 16.0. The van der Waals surface area contributed by atoms with Gasteiger partial charge in [-0.1, -0.05) is 68.8 Å². The molecule has 9 heterocycles. The summed E-state index contributed by atoms with van der Waals surface area (Å²) >= 11 is 1.58. The fraction of sp³-hybridized carbons (Fsp3) is 0.476. The van der Waals surface area contributed by atoms with Crippen LogP contribution in [0.25, 0.3) is 21.7 Å². The fourth-order valence-corrected chi connectivity index (χ4v) is 17.2. The number of fused-ring (bicyclic) bond motifs is 2. The highest BCUT2D eigenvalue weighted by Crippen LogP contribution is 2.43. The molecule has 0 spiro atoms. The number of β-amino-alcohol motifs (C(OH)–C–C–N with tert-alkyl or cyclic N) is 1. The molecular weight excluding hydrogens is 1530 g/mol. The van der Waals surface area contributed by atoms with E-state index >= 15 is 0 Å². The molecule has 4 aromatic heterocycles. The summed E-state index contributed by atoms with van der Waals surface area (Å²) in [6.07, 6.45) is 7.78. The van der Waals surface area contributed by atoms with E-state index in [2.05, 4.69) is 83.7 Å². The van der Waals surface area contributed by atoms with Gasteiger partial charge in [0.2, 0.25) is 35.4 Å². The number of ether oxygens (including phenoxy) is 3. The van der Waals surface area contributed by atoms with E-state index in [0.29, 0.717) is 105 Å². The number of thiazole rings is 1. The minimum atomic E-state index is -1.38. The molecule has 5 fully saturated rings. The Morgan fingerprint density at radius 3 is 2.20 bits per heavy atom. The van der Waals surface area contributed by atoms with Crippen molar-refractivity contribution in [2.75, 3.05) is 106 Å². The maximum atomic E-state index is 14.4. The average Bonchev–Trinajstić information content (AvgIpc) is 1.43. The number of imide groups is 1. The summed E-state index contributed by atoms with van der Waals surface area (Å²) in [5, 5.41) is 51.8. The smallest absolute Gasteiger partial charge is 0.413 e. The Balaban J connectivity index is 0.557. The number of carbonyl (C=O) groups is 9. The number of aromatic nitrogens is 5. The molecule has 2 bridgehead atoms. The average molecular weight is 1640 g/mol. The summed E-state index contributed by atoms with van der Waals surface area (Å²) in [5.41, 5.74) is 12.0. The maximum Gasteiger partial charge on any atom is 0.413 e. The predicted molar refractivity (Wildman–Crippen MR) is 439 cm³/mol. The van der Waals surface area contributed by atoms with Crippen molar-refractivity contribution in [1.82, 2.24) is 66.2 Å². The third kappa shape index (κ3) is 20.5. The van der Waals surface area contributed by atoms with Gasteiger partial charge >= 0.3 is 12.1 Å². The number of piperazine rings is 2. The number of aliphatic hydroxyl groups excluding tert-OH is 1.